The summed E-state index contributed by atoms with van der Waals surface area (Å²) in [5.74, 6) is 0.869. The molecule has 2 aliphatic rings. The summed E-state index contributed by atoms with van der Waals surface area (Å²) in [6, 6.07) is 17.0. The predicted molar refractivity (Wildman–Crippen MR) is 134 cm³/mol. The maximum atomic E-state index is 14.5. The third-order valence-corrected chi connectivity index (χ3v) is 6.93. The van der Waals surface area contributed by atoms with Crippen molar-refractivity contribution in [3.05, 3.63) is 59.9 Å². The first-order valence-corrected chi connectivity index (χ1v) is 12.3. The lowest BCUT2D eigenvalue weighted by Crippen LogP contribution is -2.17. The Morgan fingerprint density at radius 2 is 1.79 bits per heavy atom. The van der Waals surface area contributed by atoms with Crippen LogP contribution in [0.3, 0.4) is 0 Å². The smallest absolute Gasteiger partial charge is 0.149 e. The maximum absolute atomic E-state index is 14.5. The second-order valence-corrected chi connectivity index (χ2v) is 9.27. The monoisotopic (exact) mass is 458 g/mol. The van der Waals surface area contributed by atoms with E-state index in [1.54, 1.807) is 6.07 Å². The molecule has 2 fully saturated rings. The topological polar surface area (TPSA) is 68.9 Å². The number of hydrogen-bond acceptors (Lipinski definition) is 5. The number of aromatic nitrogens is 2. The van der Waals surface area contributed by atoms with Gasteiger partial charge in [0.2, 0.25) is 0 Å². The normalized spacial score (nSPS) is 18.5. The molecule has 0 amide bonds. The zero-order valence-corrected chi connectivity index (χ0v) is 19.4. The summed E-state index contributed by atoms with van der Waals surface area (Å²) in [5, 5.41) is 21.0. The van der Waals surface area contributed by atoms with Gasteiger partial charge in [-0.05, 0) is 87.5 Å². The first kappa shape index (κ1) is 22.4. The molecule has 2 N–H and O–H groups in total. The molecule has 0 spiro atoms. The van der Waals surface area contributed by atoms with E-state index in [-0.39, 0.29) is 5.56 Å². The van der Waals surface area contributed by atoms with Gasteiger partial charge in [0, 0.05) is 37.0 Å². The van der Waals surface area contributed by atoms with Crippen LogP contribution in [0.4, 0.5) is 15.9 Å². The molecule has 5 rings (SSSR count). The van der Waals surface area contributed by atoms with E-state index < -0.39 is 5.82 Å². The Labute approximate surface area is 200 Å². The van der Waals surface area contributed by atoms with Gasteiger partial charge in [-0.25, -0.2) is 9.07 Å². The molecule has 3 aromatic rings. The lowest BCUT2D eigenvalue weighted by atomic mass is 10.0. The average molecular weight is 459 g/mol. The molecule has 6 nitrogen and oxygen atoms in total. The standard InChI is InChI=1S/C27H31FN6/c28-25-16-21(5-6-22(25)18-29)26-17-27(31-19-20-4-3-12-30-13-11-20)32-34(26)24-9-7-23(8-10-24)33-14-1-2-15-33/h5-10,16-17,20,30H,1-4,11-15,19H2,(H,31,32)/t20-/m1/s1. The van der Waals surface area contributed by atoms with Crippen LogP contribution < -0.4 is 15.5 Å². The van der Waals surface area contributed by atoms with Crippen LogP contribution in [0.15, 0.2) is 48.5 Å². The number of benzene rings is 2. The molecule has 2 aliphatic heterocycles. The van der Waals surface area contributed by atoms with Gasteiger partial charge in [0.1, 0.15) is 17.7 Å². The number of halogens is 1. The molecule has 1 atom stereocenters. The van der Waals surface area contributed by atoms with Gasteiger partial charge in [-0.3, -0.25) is 0 Å². The lowest BCUT2D eigenvalue weighted by Gasteiger charge is -2.18. The first-order chi connectivity index (χ1) is 16.7. The van der Waals surface area contributed by atoms with E-state index in [2.05, 4.69) is 39.8 Å². The zero-order chi connectivity index (χ0) is 23.3. The SMILES string of the molecule is N#Cc1ccc(-c2cc(NC[C@@H]3CCCNCC3)nn2-c2ccc(N3CCCC3)cc2)cc1F. The lowest BCUT2D eigenvalue weighted by molar-refractivity contribution is 0.496. The Morgan fingerprint density at radius 1 is 1.00 bits per heavy atom. The second kappa shape index (κ2) is 10.3. The molecule has 176 valence electrons. The Hall–Kier alpha value is -3.37. The number of hydrogen-bond donors (Lipinski definition) is 2. The van der Waals surface area contributed by atoms with Crippen molar-refractivity contribution in [1.29, 1.82) is 5.26 Å². The van der Waals surface area contributed by atoms with Crippen LogP contribution >= 0.6 is 0 Å². The van der Waals surface area contributed by atoms with Crippen LogP contribution in [0.2, 0.25) is 0 Å². The molecule has 1 aromatic heterocycles. The third-order valence-electron chi connectivity index (χ3n) is 6.93. The van der Waals surface area contributed by atoms with Crippen LogP contribution in [0.25, 0.3) is 16.9 Å². The van der Waals surface area contributed by atoms with Crippen LogP contribution in [0.1, 0.15) is 37.7 Å². The summed E-state index contributed by atoms with van der Waals surface area (Å²) in [6.07, 6.45) is 6.02. The summed E-state index contributed by atoms with van der Waals surface area (Å²) in [7, 11) is 0. The fourth-order valence-corrected chi connectivity index (χ4v) is 4.96. The van der Waals surface area contributed by atoms with Crippen LogP contribution in [-0.4, -0.2) is 42.5 Å². The highest BCUT2D eigenvalue weighted by Crippen LogP contribution is 2.29. The molecule has 0 saturated carbocycles. The van der Waals surface area contributed by atoms with Gasteiger partial charge >= 0.3 is 0 Å². The van der Waals surface area contributed by atoms with Crippen molar-refractivity contribution in [2.75, 3.05) is 42.9 Å². The van der Waals surface area contributed by atoms with Crippen molar-refractivity contribution in [1.82, 2.24) is 15.1 Å². The number of nitrogens with one attached hydrogen (secondary N) is 2. The Bertz CT molecular complexity index is 1150. The minimum atomic E-state index is -0.516. The summed E-state index contributed by atoms with van der Waals surface area (Å²) in [5.41, 5.74) is 3.68. The molecule has 2 saturated heterocycles. The molecule has 3 heterocycles. The van der Waals surface area contributed by atoms with Crippen molar-refractivity contribution in [3.8, 4) is 23.0 Å². The van der Waals surface area contributed by atoms with Crippen molar-refractivity contribution >= 4 is 11.5 Å². The molecular formula is C27H31FN6. The van der Waals surface area contributed by atoms with Crippen molar-refractivity contribution < 1.29 is 4.39 Å². The van der Waals surface area contributed by atoms with Gasteiger partial charge in [0.05, 0.1) is 16.9 Å². The highest BCUT2D eigenvalue weighted by Gasteiger charge is 2.17. The minimum Gasteiger partial charge on any atom is -0.372 e. The highest BCUT2D eigenvalue weighted by molar-refractivity contribution is 5.67. The summed E-state index contributed by atoms with van der Waals surface area (Å²) in [4.78, 5) is 2.40. The molecule has 0 radical (unpaired) electrons. The Balaban J connectivity index is 1.44. The minimum absolute atomic E-state index is 0.0464. The Morgan fingerprint density at radius 3 is 2.56 bits per heavy atom. The molecule has 0 bridgehead atoms. The predicted octanol–water partition coefficient (Wildman–Crippen LogP) is 4.95. The summed E-state index contributed by atoms with van der Waals surface area (Å²) < 4.78 is 16.3. The fraction of sp³-hybridized carbons (Fsp3) is 0.407. The number of nitriles is 1. The first-order valence-electron chi connectivity index (χ1n) is 12.3. The molecule has 0 unspecified atom stereocenters. The molecule has 0 aliphatic carbocycles. The number of rotatable bonds is 6. The largest absolute Gasteiger partial charge is 0.372 e. The van der Waals surface area contributed by atoms with Gasteiger partial charge in [-0.1, -0.05) is 6.07 Å². The van der Waals surface area contributed by atoms with Gasteiger partial charge in [0.25, 0.3) is 0 Å². The van der Waals surface area contributed by atoms with Crippen molar-refractivity contribution in [2.24, 2.45) is 5.92 Å². The molecule has 7 heteroatoms. The average Bonchev–Trinajstić information content (AvgIpc) is 3.48. The molecular weight excluding hydrogens is 427 g/mol. The van der Waals surface area contributed by atoms with E-state index in [9.17, 15) is 4.39 Å². The van der Waals surface area contributed by atoms with Gasteiger partial charge in [0.15, 0.2) is 0 Å². The quantitative estimate of drug-likeness (QED) is 0.547. The summed E-state index contributed by atoms with van der Waals surface area (Å²) >= 11 is 0. The van der Waals surface area contributed by atoms with E-state index in [0.717, 1.165) is 56.3 Å². The van der Waals surface area contributed by atoms with Gasteiger partial charge < -0.3 is 15.5 Å². The van der Waals surface area contributed by atoms with E-state index in [0.29, 0.717) is 11.5 Å². The summed E-state index contributed by atoms with van der Waals surface area (Å²) in [6.45, 7) is 5.21. The third kappa shape index (κ3) is 4.92. The van der Waals surface area contributed by atoms with Gasteiger partial charge in [-0.15, -0.1) is 5.10 Å². The van der Waals surface area contributed by atoms with E-state index in [1.165, 1.54) is 43.5 Å². The van der Waals surface area contributed by atoms with Crippen LogP contribution in [-0.2, 0) is 0 Å². The van der Waals surface area contributed by atoms with Crippen molar-refractivity contribution in [2.45, 2.75) is 32.1 Å². The number of anilines is 2. The molecule has 2 aromatic carbocycles. The highest BCUT2D eigenvalue weighted by atomic mass is 19.1. The Kier molecular flexibility index (Phi) is 6.77. The van der Waals surface area contributed by atoms with Crippen LogP contribution in [0, 0.1) is 23.1 Å². The molecule has 34 heavy (non-hydrogen) atoms. The maximum Gasteiger partial charge on any atom is 0.149 e. The zero-order valence-electron chi connectivity index (χ0n) is 19.4. The number of nitrogens with zero attached hydrogens (tertiary/aromatic N) is 4. The fourth-order valence-electron chi connectivity index (χ4n) is 4.96. The van der Waals surface area contributed by atoms with Crippen molar-refractivity contribution in [3.63, 3.8) is 0 Å². The van der Waals surface area contributed by atoms with E-state index in [4.69, 9.17) is 10.4 Å². The van der Waals surface area contributed by atoms with E-state index >= 15 is 0 Å². The van der Waals surface area contributed by atoms with Crippen LogP contribution in [0.5, 0.6) is 0 Å². The van der Waals surface area contributed by atoms with Gasteiger partial charge in [-0.2, -0.15) is 5.26 Å². The van der Waals surface area contributed by atoms with E-state index in [1.807, 2.05) is 16.8 Å². The second-order valence-electron chi connectivity index (χ2n) is 9.27.